The normalized spacial score (nSPS) is 21.4. The Labute approximate surface area is 140 Å². The molecule has 2 saturated heterocycles. The predicted molar refractivity (Wildman–Crippen MR) is 90.7 cm³/mol. The predicted octanol–water partition coefficient (Wildman–Crippen LogP) is 1.56. The first kappa shape index (κ1) is 18.5. The van der Waals surface area contributed by atoms with E-state index in [2.05, 4.69) is 10.2 Å². The molecule has 1 N–H and O–H groups in total. The lowest BCUT2D eigenvalue weighted by Crippen LogP contribution is -2.50. The smallest absolute Gasteiger partial charge is 0.410 e. The van der Waals surface area contributed by atoms with E-state index in [1.54, 1.807) is 4.90 Å². The quantitative estimate of drug-likeness (QED) is 0.777. The van der Waals surface area contributed by atoms with E-state index in [9.17, 15) is 4.79 Å². The van der Waals surface area contributed by atoms with Crippen LogP contribution in [0, 0.1) is 5.92 Å². The molecule has 6 heteroatoms. The Kier molecular flexibility index (Phi) is 7.11. The van der Waals surface area contributed by atoms with Crippen molar-refractivity contribution >= 4 is 6.09 Å². The number of nitrogens with zero attached hydrogens (tertiary/aromatic N) is 2. The van der Waals surface area contributed by atoms with E-state index >= 15 is 0 Å². The molecule has 0 aromatic rings. The average Bonchev–Trinajstić information content (AvgIpc) is 2.51. The Bertz CT molecular complexity index is 357. The van der Waals surface area contributed by atoms with E-state index in [-0.39, 0.29) is 6.09 Å². The summed E-state index contributed by atoms with van der Waals surface area (Å²) < 4.78 is 11.3. The van der Waals surface area contributed by atoms with Gasteiger partial charge in [-0.15, -0.1) is 0 Å². The lowest BCUT2D eigenvalue weighted by atomic mass is 9.99. The van der Waals surface area contributed by atoms with Crippen LogP contribution in [0.5, 0.6) is 0 Å². The molecule has 0 spiro atoms. The molecule has 0 radical (unpaired) electrons. The number of hydrogen-bond acceptors (Lipinski definition) is 5. The van der Waals surface area contributed by atoms with Gasteiger partial charge in [-0.25, -0.2) is 4.79 Å². The number of nitrogens with one attached hydrogen (secondary N) is 1. The minimum absolute atomic E-state index is 0.195. The van der Waals surface area contributed by atoms with E-state index in [4.69, 9.17) is 9.47 Å². The van der Waals surface area contributed by atoms with Crippen LogP contribution in [0.2, 0.25) is 0 Å². The van der Waals surface area contributed by atoms with Gasteiger partial charge in [0, 0.05) is 39.3 Å². The topological polar surface area (TPSA) is 54.0 Å². The second-order valence-corrected chi connectivity index (χ2v) is 7.58. The Balaban J connectivity index is 1.55. The Hall–Kier alpha value is -0.850. The van der Waals surface area contributed by atoms with Crippen LogP contribution in [-0.2, 0) is 9.47 Å². The molecule has 23 heavy (non-hydrogen) atoms. The number of hydrogen-bond donors (Lipinski definition) is 1. The number of amides is 1. The van der Waals surface area contributed by atoms with Crippen LogP contribution in [0.15, 0.2) is 0 Å². The van der Waals surface area contributed by atoms with Gasteiger partial charge in [0.15, 0.2) is 0 Å². The molecule has 0 aromatic heterocycles. The monoisotopic (exact) mass is 327 g/mol. The van der Waals surface area contributed by atoms with Crippen LogP contribution >= 0.6 is 0 Å². The summed E-state index contributed by atoms with van der Waals surface area (Å²) in [5.41, 5.74) is -0.420. The molecule has 6 nitrogen and oxygen atoms in total. The van der Waals surface area contributed by atoms with Crippen molar-refractivity contribution in [3.8, 4) is 0 Å². The largest absolute Gasteiger partial charge is 0.444 e. The van der Waals surface area contributed by atoms with Crippen LogP contribution < -0.4 is 5.32 Å². The summed E-state index contributed by atoms with van der Waals surface area (Å²) >= 11 is 0. The Morgan fingerprint density at radius 3 is 2.39 bits per heavy atom. The molecule has 2 aliphatic heterocycles. The van der Waals surface area contributed by atoms with E-state index in [0.29, 0.717) is 0 Å². The van der Waals surface area contributed by atoms with Gasteiger partial charge < -0.3 is 19.7 Å². The lowest BCUT2D eigenvalue weighted by molar-refractivity contribution is 0.0101. The summed E-state index contributed by atoms with van der Waals surface area (Å²) in [5.74, 6) is 0.722. The molecule has 0 aromatic carbocycles. The first-order chi connectivity index (χ1) is 10.9. The highest BCUT2D eigenvalue weighted by Gasteiger charge is 2.25. The van der Waals surface area contributed by atoms with Crippen molar-refractivity contribution < 1.29 is 14.3 Å². The van der Waals surface area contributed by atoms with Gasteiger partial charge in [0.25, 0.3) is 0 Å². The first-order valence-corrected chi connectivity index (χ1v) is 8.93. The second-order valence-electron chi connectivity index (χ2n) is 7.58. The van der Waals surface area contributed by atoms with Crippen molar-refractivity contribution in [1.82, 2.24) is 15.1 Å². The van der Waals surface area contributed by atoms with Crippen LogP contribution in [0.3, 0.4) is 0 Å². The standard InChI is InChI=1S/C17H33N3O3/c1-17(2,3)23-16(21)20-10-8-19(9-11-20)12-13-22-14-15-4-6-18-7-5-15/h15,18H,4-14H2,1-3H3. The molecular weight excluding hydrogens is 294 g/mol. The van der Waals surface area contributed by atoms with Crippen molar-refractivity contribution in [2.45, 2.75) is 39.2 Å². The fourth-order valence-corrected chi connectivity index (χ4v) is 2.97. The van der Waals surface area contributed by atoms with Crippen LogP contribution in [0.25, 0.3) is 0 Å². The van der Waals surface area contributed by atoms with Crippen LogP contribution in [-0.4, -0.2) is 80.5 Å². The van der Waals surface area contributed by atoms with E-state index < -0.39 is 5.60 Å². The summed E-state index contributed by atoms with van der Waals surface area (Å²) in [5, 5.41) is 3.38. The molecular formula is C17H33N3O3. The van der Waals surface area contributed by atoms with Crippen LogP contribution in [0.1, 0.15) is 33.6 Å². The summed E-state index contributed by atoms with van der Waals surface area (Å²) in [4.78, 5) is 16.2. The van der Waals surface area contributed by atoms with Gasteiger partial charge in [0.1, 0.15) is 5.60 Å². The van der Waals surface area contributed by atoms with Crippen molar-refractivity contribution in [3.05, 3.63) is 0 Å². The van der Waals surface area contributed by atoms with Crippen molar-refractivity contribution in [1.29, 1.82) is 0 Å². The third-order valence-electron chi connectivity index (χ3n) is 4.39. The molecule has 2 aliphatic rings. The maximum atomic E-state index is 12.0. The first-order valence-electron chi connectivity index (χ1n) is 8.93. The number of carbonyl (C=O) groups excluding carboxylic acids is 1. The Morgan fingerprint density at radius 1 is 1.13 bits per heavy atom. The molecule has 2 fully saturated rings. The van der Waals surface area contributed by atoms with Crippen LogP contribution in [0.4, 0.5) is 4.79 Å². The van der Waals surface area contributed by atoms with Crippen molar-refractivity contribution in [2.75, 3.05) is 59.0 Å². The van der Waals surface area contributed by atoms with Gasteiger partial charge in [-0.05, 0) is 52.6 Å². The molecule has 0 atom stereocenters. The van der Waals surface area contributed by atoms with Gasteiger partial charge >= 0.3 is 6.09 Å². The molecule has 0 aliphatic carbocycles. The molecule has 0 unspecified atom stereocenters. The average molecular weight is 327 g/mol. The van der Waals surface area contributed by atoms with Crippen molar-refractivity contribution in [2.24, 2.45) is 5.92 Å². The maximum Gasteiger partial charge on any atom is 0.410 e. The zero-order valence-electron chi connectivity index (χ0n) is 15.0. The van der Waals surface area contributed by atoms with Gasteiger partial charge in [0.05, 0.1) is 6.61 Å². The number of piperidine rings is 1. The number of rotatable bonds is 5. The molecule has 0 saturated carbocycles. The number of ether oxygens (including phenoxy) is 2. The molecule has 1 amide bonds. The lowest BCUT2D eigenvalue weighted by Gasteiger charge is -2.35. The highest BCUT2D eigenvalue weighted by molar-refractivity contribution is 5.68. The summed E-state index contributed by atoms with van der Waals surface area (Å²) in [6.45, 7) is 13.9. The Morgan fingerprint density at radius 2 is 1.78 bits per heavy atom. The van der Waals surface area contributed by atoms with Gasteiger partial charge in [0.2, 0.25) is 0 Å². The minimum atomic E-state index is -0.420. The second kappa shape index (κ2) is 8.85. The highest BCUT2D eigenvalue weighted by atomic mass is 16.6. The highest BCUT2D eigenvalue weighted by Crippen LogP contribution is 2.13. The molecule has 134 valence electrons. The van der Waals surface area contributed by atoms with Gasteiger partial charge in [-0.2, -0.15) is 0 Å². The van der Waals surface area contributed by atoms with E-state index in [1.165, 1.54) is 12.8 Å². The number of piperazine rings is 1. The summed E-state index contributed by atoms with van der Waals surface area (Å²) in [7, 11) is 0. The zero-order valence-corrected chi connectivity index (χ0v) is 15.0. The third kappa shape index (κ3) is 7.06. The third-order valence-corrected chi connectivity index (χ3v) is 4.39. The summed E-state index contributed by atoms with van der Waals surface area (Å²) in [6, 6.07) is 0. The molecule has 0 bridgehead atoms. The van der Waals surface area contributed by atoms with Gasteiger partial charge in [-0.3, -0.25) is 4.90 Å². The van der Waals surface area contributed by atoms with Crippen molar-refractivity contribution in [3.63, 3.8) is 0 Å². The minimum Gasteiger partial charge on any atom is -0.444 e. The zero-order chi connectivity index (χ0) is 16.7. The maximum absolute atomic E-state index is 12.0. The fourth-order valence-electron chi connectivity index (χ4n) is 2.97. The molecule has 2 heterocycles. The van der Waals surface area contributed by atoms with E-state index in [1.807, 2.05) is 20.8 Å². The fraction of sp³-hybridized carbons (Fsp3) is 0.941. The summed E-state index contributed by atoms with van der Waals surface area (Å²) in [6.07, 6.45) is 2.27. The van der Waals surface area contributed by atoms with E-state index in [0.717, 1.165) is 64.9 Å². The molecule has 2 rings (SSSR count). The SMILES string of the molecule is CC(C)(C)OC(=O)N1CCN(CCOCC2CCNCC2)CC1. The number of carbonyl (C=O) groups is 1. The van der Waals surface area contributed by atoms with Gasteiger partial charge in [-0.1, -0.05) is 0 Å².